The van der Waals surface area contributed by atoms with Crippen LogP contribution >= 0.6 is 0 Å². The molecule has 0 bridgehead atoms. The Labute approximate surface area is 129 Å². The Morgan fingerprint density at radius 2 is 2.27 bits per heavy atom. The van der Waals surface area contributed by atoms with Crippen LogP contribution in [0.5, 0.6) is 5.88 Å². The molecule has 1 aromatic heterocycles. The van der Waals surface area contributed by atoms with Crippen molar-refractivity contribution in [2.45, 2.75) is 50.7 Å². The molecule has 0 amide bonds. The van der Waals surface area contributed by atoms with Crippen molar-refractivity contribution in [1.29, 1.82) is 0 Å². The van der Waals surface area contributed by atoms with E-state index in [-0.39, 0.29) is 5.88 Å². The first kappa shape index (κ1) is 15.6. The van der Waals surface area contributed by atoms with Gasteiger partial charge in [0.1, 0.15) is 0 Å². The lowest BCUT2D eigenvalue weighted by molar-refractivity contribution is 0.0795. The zero-order valence-electron chi connectivity index (χ0n) is 12.7. The molecule has 3 heterocycles. The highest BCUT2D eigenvalue weighted by atomic mass is 19.3. The number of hydrogen-bond donors (Lipinski definition) is 1. The van der Waals surface area contributed by atoms with Gasteiger partial charge in [0.2, 0.25) is 5.88 Å². The Balaban J connectivity index is 1.47. The number of fused-ring (bicyclic) bond motifs is 1. The van der Waals surface area contributed by atoms with Crippen LogP contribution in [0.3, 0.4) is 0 Å². The molecule has 2 fully saturated rings. The highest BCUT2D eigenvalue weighted by Gasteiger charge is 2.31. The molecule has 0 aliphatic carbocycles. The minimum Gasteiger partial charge on any atom is -0.472 e. The minimum atomic E-state index is -2.47. The number of piperidine rings is 1. The van der Waals surface area contributed by atoms with Crippen LogP contribution in [-0.2, 0) is 6.54 Å². The third-order valence-corrected chi connectivity index (χ3v) is 4.57. The Morgan fingerprint density at radius 1 is 1.36 bits per heavy atom. The standard InChI is InChI=1S/C16H23F2N3O/c17-15(18)11-22-16-8-12(3-5-19-16)10-20-13-4-7-21-6-1-2-14(21)9-13/h3,5,8,13-15,20H,1-2,4,6-7,9-11H2/t13-,14+/m0/s1. The predicted octanol–water partition coefficient (Wildman–Crippen LogP) is 2.44. The zero-order chi connectivity index (χ0) is 15.4. The summed E-state index contributed by atoms with van der Waals surface area (Å²) in [5, 5.41) is 3.58. The molecule has 6 heteroatoms. The third-order valence-electron chi connectivity index (χ3n) is 4.57. The summed E-state index contributed by atoms with van der Waals surface area (Å²) < 4.78 is 29.3. The summed E-state index contributed by atoms with van der Waals surface area (Å²) in [6.07, 6.45) is 4.17. The molecule has 4 nitrogen and oxygen atoms in total. The highest BCUT2D eigenvalue weighted by Crippen LogP contribution is 2.27. The quantitative estimate of drug-likeness (QED) is 0.875. The Kier molecular flexibility index (Phi) is 5.20. The van der Waals surface area contributed by atoms with Gasteiger partial charge in [0.25, 0.3) is 6.43 Å². The molecule has 0 aromatic carbocycles. The minimum absolute atomic E-state index is 0.269. The molecule has 2 saturated heterocycles. The lowest BCUT2D eigenvalue weighted by Crippen LogP contribution is -2.45. The maximum atomic E-state index is 12.1. The molecule has 0 spiro atoms. The molecule has 0 radical (unpaired) electrons. The first-order chi connectivity index (χ1) is 10.7. The van der Waals surface area contributed by atoms with Gasteiger partial charge in [-0.2, -0.15) is 0 Å². The summed E-state index contributed by atoms with van der Waals surface area (Å²) in [6.45, 7) is 2.56. The van der Waals surface area contributed by atoms with Gasteiger partial charge in [0.05, 0.1) is 0 Å². The van der Waals surface area contributed by atoms with Crippen molar-refractivity contribution in [2.75, 3.05) is 19.7 Å². The number of pyridine rings is 1. The van der Waals surface area contributed by atoms with Crippen molar-refractivity contribution in [1.82, 2.24) is 15.2 Å². The number of ether oxygens (including phenoxy) is 1. The second-order valence-corrected chi connectivity index (χ2v) is 6.14. The van der Waals surface area contributed by atoms with Crippen molar-refractivity contribution in [2.24, 2.45) is 0 Å². The van der Waals surface area contributed by atoms with E-state index >= 15 is 0 Å². The van der Waals surface area contributed by atoms with Gasteiger partial charge in [-0.05, 0) is 50.4 Å². The third kappa shape index (κ3) is 4.14. The van der Waals surface area contributed by atoms with E-state index in [1.54, 1.807) is 12.3 Å². The highest BCUT2D eigenvalue weighted by molar-refractivity contribution is 5.20. The number of nitrogens with one attached hydrogen (secondary N) is 1. The molecule has 3 rings (SSSR count). The lowest BCUT2D eigenvalue weighted by Gasteiger charge is -2.35. The molecule has 22 heavy (non-hydrogen) atoms. The van der Waals surface area contributed by atoms with Gasteiger partial charge in [-0.3, -0.25) is 0 Å². The van der Waals surface area contributed by atoms with Gasteiger partial charge in [0, 0.05) is 30.9 Å². The average Bonchev–Trinajstić information content (AvgIpc) is 2.99. The van der Waals surface area contributed by atoms with Crippen LogP contribution < -0.4 is 10.1 Å². The van der Waals surface area contributed by atoms with E-state index in [1.807, 2.05) is 6.07 Å². The monoisotopic (exact) mass is 311 g/mol. The van der Waals surface area contributed by atoms with E-state index in [2.05, 4.69) is 15.2 Å². The van der Waals surface area contributed by atoms with Gasteiger partial charge in [0.15, 0.2) is 6.61 Å². The van der Waals surface area contributed by atoms with Crippen molar-refractivity contribution >= 4 is 0 Å². The number of hydrogen-bond acceptors (Lipinski definition) is 4. The molecular weight excluding hydrogens is 288 g/mol. The summed E-state index contributed by atoms with van der Waals surface area (Å²) in [6, 6.07) is 4.92. The van der Waals surface area contributed by atoms with Crippen molar-refractivity contribution < 1.29 is 13.5 Å². The fourth-order valence-electron chi connectivity index (χ4n) is 3.46. The Bertz CT molecular complexity index is 486. The second-order valence-electron chi connectivity index (χ2n) is 6.14. The molecule has 2 aliphatic heterocycles. The molecule has 0 unspecified atom stereocenters. The smallest absolute Gasteiger partial charge is 0.272 e. The van der Waals surface area contributed by atoms with Crippen LogP contribution in [0.1, 0.15) is 31.2 Å². The molecule has 2 aliphatic rings. The van der Waals surface area contributed by atoms with Crippen LogP contribution in [-0.4, -0.2) is 48.1 Å². The molecular formula is C16H23F2N3O. The molecule has 1 N–H and O–H groups in total. The first-order valence-corrected chi connectivity index (χ1v) is 8.04. The van der Waals surface area contributed by atoms with Gasteiger partial charge < -0.3 is 15.0 Å². The van der Waals surface area contributed by atoms with Crippen molar-refractivity contribution in [3.63, 3.8) is 0 Å². The van der Waals surface area contributed by atoms with Crippen LogP contribution in [0.25, 0.3) is 0 Å². The van der Waals surface area contributed by atoms with Crippen LogP contribution in [0.2, 0.25) is 0 Å². The fraction of sp³-hybridized carbons (Fsp3) is 0.688. The van der Waals surface area contributed by atoms with Crippen molar-refractivity contribution in [3.05, 3.63) is 23.9 Å². The second kappa shape index (κ2) is 7.33. The molecule has 1 aromatic rings. The number of aromatic nitrogens is 1. The summed E-state index contributed by atoms with van der Waals surface area (Å²) >= 11 is 0. The molecule has 2 atom stereocenters. The SMILES string of the molecule is FC(F)COc1cc(CN[C@H]2CCN3CCC[C@@H]3C2)ccn1. The van der Waals surface area contributed by atoms with Gasteiger partial charge >= 0.3 is 0 Å². The predicted molar refractivity (Wildman–Crippen MR) is 80.2 cm³/mol. The number of alkyl halides is 2. The van der Waals surface area contributed by atoms with E-state index < -0.39 is 13.0 Å². The largest absolute Gasteiger partial charge is 0.472 e. The number of rotatable bonds is 6. The van der Waals surface area contributed by atoms with E-state index in [0.717, 1.165) is 18.2 Å². The van der Waals surface area contributed by atoms with E-state index in [4.69, 9.17) is 4.74 Å². The summed E-state index contributed by atoms with van der Waals surface area (Å²) in [5.74, 6) is 0.269. The van der Waals surface area contributed by atoms with E-state index in [9.17, 15) is 8.78 Å². The van der Waals surface area contributed by atoms with E-state index in [1.165, 1.54) is 38.8 Å². The zero-order valence-corrected chi connectivity index (χ0v) is 12.7. The fourth-order valence-corrected chi connectivity index (χ4v) is 3.46. The Morgan fingerprint density at radius 3 is 3.14 bits per heavy atom. The van der Waals surface area contributed by atoms with E-state index in [0.29, 0.717) is 6.04 Å². The molecule has 122 valence electrons. The number of halogens is 2. The summed E-state index contributed by atoms with van der Waals surface area (Å²) in [5.41, 5.74) is 1.02. The Hall–Kier alpha value is -1.27. The van der Waals surface area contributed by atoms with Crippen molar-refractivity contribution in [3.8, 4) is 5.88 Å². The van der Waals surface area contributed by atoms with Gasteiger partial charge in [-0.15, -0.1) is 0 Å². The maximum absolute atomic E-state index is 12.1. The lowest BCUT2D eigenvalue weighted by atomic mass is 9.97. The van der Waals surface area contributed by atoms with Crippen LogP contribution in [0.4, 0.5) is 8.78 Å². The van der Waals surface area contributed by atoms with Gasteiger partial charge in [-0.25, -0.2) is 13.8 Å². The van der Waals surface area contributed by atoms with Crippen LogP contribution in [0, 0.1) is 0 Å². The normalized spacial score (nSPS) is 25.4. The summed E-state index contributed by atoms with van der Waals surface area (Å²) in [7, 11) is 0. The van der Waals surface area contributed by atoms with Gasteiger partial charge in [-0.1, -0.05) is 0 Å². The summed E-state index contributed by atoms with van der Waals surface area (Å²) in [4.78, 5) is 6.56. The topological polar surface area (TPSA) is 37.4 Å². The maximum Gasteiger partial charge on any atom is 0.272 e. The average molecular weight is 311 g/mol. The number of nitrogens with zero attached hydrogens (tertiary/aromatic N) is 2. The van der Waals surface area contributed by atoms with Crippen LogP contribution in [0.15, 0.2) is 18.3 Å². The molecule has 0 saturated carbocycles. The first-order valence-electron chi connectivity index (χ1n) is 8.04.